The van der Waals surface area contributed by atoms with Gasteiger partial charge in [-0.2, -0.15) is 0 Å². The molecule has 0 spiro atoms. The first-order chi connectivity index (χ1) is 5.11. The van der Waals surface area contributed by atoms with E-state index in [2.05, 4.69) is 32.1 Å². The molecule has 0 radical (unpaired) electrons. The molecule has 1 aliphatic rings. The zero-order valence-electron chi connectivity index (χ0n) is 7.05. The van der Waals surface area contributed by atoms with Crippen molar-refractivity contribution in [1.29, 1.82) is 0 Å². The molecule has 0 N–H and O–H groups in total. The third kappa shape index (κ3) is 1.20. The molecule has 0 saturated carbocycles. The van der Waals surface area contributed by atoms with Crippen LogP contribution in [0, 0.1) is 5.41 Å². The van der Waals surface area contributed by atoms with E-state index >= 15 is 0 Å². The number of aliphatic imine (C=N–C) groups is 1. The standard InChI is InChI=1S/C9H13NO/c1-5-7-8(10-4)11-6-9(7,2)3/h5H,1,4,6H2,2-3H3. The van der Waals surface area contributed by atoms with Gasteiger partial charge >= 0.3 is 0 Å². The summed E-state index contributed by atoms with van der Waals surface area (Å²) < 4.78 is 5.30. The molecule has 0 aromatic carbocycles. The average molecular weight is 151 g/mol. The lowest BCUT2D eigenvalue weighted by Crippen LogP contribution is -2.13. The van der Waals surface area contributed by atoms with Gasteiger partial charge in [-0.1, -0.05) is 26.5 Å². The molecular formula is C9H13NO. The summed E-state index contributed by atoms with van der Waals surface area (Å²) in [5.74, 6) is 0.630. The number of allylic oxidation sites excluding steroid dienone is 1. The Labute approximate surface area is 67.3 Å². The molecule has 0 aromatic rings. The zero-order valence-corrected chi connectivity index (χ0v) is 7.05. The van der Waals surface area contributed by atoms with E-state index in [9.17, 15) is 0 Å². The highest BCUT2D eigenvalue weighted by molar-refractivity contribution is 5.36. The van der Waals surface area contributed by atoms with E-state index in [1.165, 1.54) is 0 Å². The third-order valence-corrected chi connectivity index (χ3v) is 1.88. The molecule has 0 atom stereocenters. The number of hydrogen-bond acceptors (Lipinski definition) is 2. The van der Waals surface area contributed by atoms with E-state index in [1.807, 2.05) is 0 Å². The van der Waals surface area contributed by atoms with Crippen LogP contribution in [0.1, 0.15) is 13.8 Å². The van der Waals surface area contributed by atoms with E-state index in [0.29, 0.717) is 12.5 Å². The number of rotatable bonds is 2. The Balaban J connectivity index is 3.06. The molecule has 60 valence electrons. The minimum absolute atomic E-state index is 0.0400. The van der Waals surface area contributed by atoms with Gasteiger partial charge in [-0.15, -0.1) is 0 Å². The van der Waals surface area contributed by atoms with Gasteiger partial charge in [-0.25, -0.2) is 4.99 Å². The predicted octanol–water partition coefficient (Wildman–Crippen LogP) is 2.14. The van der Waals surface area contributed by atoms with Crippen molar-refractivity contribution in [3.05, 3.63) is 24.1 Å². The number of ether oxygens (including phenoxy) is 1. The second kappa shape index (κ2) is 2.53. The maximum atomic E-state index is 5.30. The van der Waals surface area contributed by atoms with E-state index < -0.39 is 0 Å². The van der Waals surface area contributed by atoms with E-state index in [1.54, 1.807) is 6.08 Å². The fourth-order valence-electron chi connectivity index (χ4n) is 1.19. The summed E-state index contributed by atoms with van der Waals surface area (Å²) in [4.78, 5) is 3.77. The highest BCUT2D eigenvalue weighted by Crippen LogP contribution is 2.36. The molecule has 0 aliphatic carbocycles. The second-order valence-corrected chi connectivity index (χ2v) is 3.25. The van der Waals surface area contributed by atoms with Gasteiger partial charge in [0.15, 0.2) is 0 Å². The van der Waals surface area contributed by atoms with E-state index in [-0.39, 0.29) is 5.41 Å². The van der Waals surface area contributed by atoms with Crippen LogP contribution in [0.3, 0.4) is 0 Å². The molecule has 11 heavy (non-hydrogen) atoms. The molecule has 1 aliphatic heterocycles. The van der Waals surface area contributed by atoms with Gasteiger partial charge < -0.3 is 4.74 Å². The van der Waals surface area contributed by atoms with Crippen molar-refractivity contribution in [3.63, 3.8) is 0 Å². The molecule has 1 rings (SSSR count). The van der Waals surface area contributed by atoms with Crippen LogP contribution in [0.5, 0.6) is 0 Å². The summed E-state index contributed by atoms with van der Waals surface area (Å²) in [6.45, 7) is 12.0. The fraction of sp³-hybridized carbons (Fsp3) is 0.444. The van der Waals surface area contributed by atoms with Gasteiger partial charge in [-0.05, 0) is 6.72 Å². The van der Waals surface area contributed by atoms with Crippen LogP contribution in [0.2, 0.25) is 0 Å². The van der Waals surface area contributed by atoms with Crippen molar-refractivity contribution in [2.24, 2.45) is 10.4 Å². The minimum atomic E-state index is 0.0400. The molecule has 2 heteroatoms. The smallest absolute Gasteiger partial charge is 0.216 e. The largest absolute Gasteiger partial charge is 0.477 e. The van der Waals surface area contributed by atoms with Crippen molar-refractivity contribution >= 4 is 6.72 Å². The molecule has 1 heterocycles. The highest BCUT2D eigenvalue weighted by Gasteiger charge is 2.32. The molecule has 0 saturated heterocycles. The lowest BCUT2D eigenvalue weighted by Gasteiger charge is -2.15. The first kappa shape index (κ1) is 8.05. The van der Waals surface area contributed by atoms with Crippen molar-refractivity contribution < 1.29 is 4.74 Å². The monoisotopic (exact) mass is 151 g/mol. The van der Waals surface area contributed by atoms with Gasteiger partial charge in [0, 0.05) is 11.0 Å². The Morgan fingerprint density at radius 1 is 1.64 bits per heavy atom. The van der Waals surface area contributed by atoms with Crippen molar-refractivity contribution in [2.45, 2.75) is 13.8 Å². The summed E-state index contributed by atoms with van der Waals surface area (Å²) in [7, 11) is 0. The highest BCUT2D eigenvalue weighted by atomic mass is 16.5. The third-order valence-electron chi connectivity index (χ3n) is 1.88. The zero-order chi connectivity index (χ0) is 8.48. The molecular weight excluding hydrogens is 138 g/mol. The summed E-state index contributed by atoms with van der Waals surface area (Å²) in [6, 6.07) is 0. The van der Waals surface area contributed by atoms with Crippen LogP contribution >= 0.6 is 0 Å². The lowest BCUT2D eigenvalue weighted by atomic mass is 9.87. The van der Waals surface area contributed by atoms with Crippen molar-refractivity contribution in [1.82, 2.24) is 0 Å². The van der Waals surface area contributed by atoms with Gasteiger partial charge in [0.1, 0.15) is 0 Å². The Hall–Kier alpha value is -1.05. The lowest BCUT2D eigenvalue weighted by molar-refractivity contribution is 0.184. The van der Waals surface area contributed by atoms with Crippen LogP contribution in [0.25, 0.3) is 0 Å². The van der Waals surface area contributed by atoms with Crippen molar-refractivity contribution in [3.8, 4) is 0 Å². The number of nitrogens with zero attached hydrogens (tertiary/aromatic N) is 1. The first-order valence-corrected chi connectivity index (χ1v) is 3.58. The van der Waals surface area contributed by atoms with Gasteiger partial charge in [0.05, 0.1) is 6.61 Å². The quantitative estimate of drug-likeness (QED) is 0.554. The predicted molar refractivity (Wildman–Crippen MR) is 46.5 cm³/mol. The van der Waals surface area contributed by atoms with Crippen LogP contribution in [-0.4, -0.2) is 13.3 Å². The van der Waals surface area contributed by atoms with E-state index in [4.69, 9.17) is 4.74 Å². The van der Waals surface area contributed by atoms with Crippen molar-refractivity contribution in [2.75, 3.05) is 6.61 Å². The molecule has 0 fully saturated rings. The molecule has 0 amide bonds. The summed E-state index contributed by atoms with van der Waals surface area (Å²) in [5, 5.41) is 0. The van der Waals surface area contributed by atoms with Crippen LogP contribution in [0.15, 0.2) is 29.1 Å². The summed E-state index contributed by atoms with van der Waals surface area (Å²) in [6.07, 6.45) is 1.79. The average Bonchev–Trinajstić information content (AvgIpc) is 2.24. The Morgan fingerprint density at radius 3 is 2.64 bits per heavy atom. The Bertz CT molecular complexity index is 226. The van der Waals surface area contributed by atoms with E-state index in [0.717, 1.165) is 5.57 Å². The molecule has 0 bridgehead atoms. The minimum Gasteiger partial charge on any atom is -0.477 e. The van der Waals surface area contributed by atoms with Crippen LogP contribution in [-0.2, 0) is 4.74 Å². The van der Waals surface area contributed by atoms with Gasteiger partial charge in [0.2, 0.25) is 5.88 Å². The molecule has 0 unspecified atom stereocenters. The normalized spacial score (nSPS) is 21.3. The van der Waals surface area contributed by atoms with Crippen LogP contribution in [0.4, 0.5) is 0 Å². The maximum Gasteiger partial charge on any atom is 0.216 e. The number of hydrogen-bond donors (Lipinski definition) is 0. The summed E-state index contributed by atoms with van der Waals surface area (Å²) in [5.41, 5.74) is 1.09. The Kier molecular flexibility index (Phi) is 1.85. The van der Waals surface area contributed by atoms with Gasteiger partial charge in [-0.3, -0.25) is 0 Å². The Morgan fingerprint density at radius 2 is 2.27 bits per heavy atom. The molecule has 2 nitrogen and oxygen atoms in total. The van der Waals surface area contributed by atoms with Crippen LogP contribution < -0.4 is 0 Å². The maximum absolute atomic E-state index is 5.30. The molecule has 0 aromatic heterocycles. The SMILES string of the molecule is C=CC1=C(N=C)OCC1(C)C. The van der Waals surface area contributed by atoms with Gasteiger partial charge in [0.25, 0.3) is 0 Å². The first-order valence-electron chi connectivity index (χ1n) is 3.58. The topological polar surface area (TPSA) is 21.6 Å². The fourth-order valence-corrected chi connectivity index (χ4v) is 1.19. The second-order valence-electron chi connectivity index (χ2n) is 3.25. The summed E-state index contributed by atoms with van der Waals surface area (Å²) >= 11 is 0.